The van der Waals surface area contributed by atoms with Crippen LogP contribution in [0.1, 0.15) is 29.4 Å². The summed E-state index contributed by atoms with van der Waals surface area (Å²) in [6, 6.07) is 5.24. The average molecular weight is 392 g/mol. The third-order valence-electron chi connectivity index (χ3n) is 4.70. The van der Waals surface area contributed by atoms with E-state index in [1.165, 1.54) is 0 Å². The van der Waals surface area contributed by atoms with E-state index in [9.17, 15) is 9.59 Å². The number of aryl methyl sites for hydroxylation is 3. The number of nitrogens with zero attached hydrogens (tertiary/aromatic N) is 6. The lowest BCUT2D eigenvalue weighted by atomic mass is 10.1. The van der Waals surface area contributed by atoms with E-state index < -0.39 is 5.91 Å². The van der Waals surface area contributed by atoms with Gasteiger partial charge >= 0.3 is 0 Å². The molecule has 10 nitrogen and oxygen atoms in total. The lowest BCUT2D eigenvalue weighted by Crippen LogP contribution is -2.11. The Hall–Kier alpha value is -3.82. The van der Waals surface area contributed by atoms with E-state index in [-0.39, 0.29) is 5.78 Å². The van der Waals surface area contributed by atoms with Crippen LogP contribution in [0.25, 0.3) is 33.8 Å². The number of nitrogens with one attached hydrogen (secondary N) is 1. The van der Waals surface area contributed by atoms with Gasteiger partial charge in [0.1, 0.15) is 11.5 Å². The van der Waals surface area contributed by atoms with Gasteiger partial charge in [-0.1, -0.05) is 0 Å². The predicted molar refractivity (Wildman–Crippen MR) is 106 cm³/mol. The number of Topliss-reactive ketones (excluding diaryl/α,β-unsaturated/α-hetero) is 1. The predicted octanol–water partition coefficient (Wildman–Crippen LogP) is 1.61. The van der Waals surface area contributed by atoms with Crippen molar-refractivity contribution in [3.63, 3.8) is 0 Å². The maximum atomic E-state index is 11.8. The van der Waals surface area contributed by atoms with Gasteiger partial charge in [0, 0.05) is 36.5 Å². The van der Waals surface area contributed by atoms with Gasteiger partial charge in [-0.05, 0) is 32.0 Å². The minimum Gasteiger partial charge on any atom is -0.366 e. The van der Waals surface area contributed by atoms with Crippen LogP contribution in [0.4, 0.5) is 0 Å². The van der Waals surface area contributed by atoms with Crippen molar-refractivity contribution in [3.05, 3.63) is 35.7 Å². The summed E-state index contributed by atoms with van der Waals surface area (Å²) in [4.78, 5) is 27.7. The molecule has 3 heterocycles. The Kier molecular flexibility index (Phi) is 4.45. The number of primary amides is 1. The zero-order valence-corrected chi connectivity index (χ0v) is 16.3. The molecule has 4 rings (SSSR count). The number of carbonyl (C=O) groups is 2. The topological polar surface area (TPSA) is 137 Å². The molecule has 0 spiro atoms. The minimum absolute atomic E-state index is 0.0876. The Labute approximate surface area is 165 Å². The van der Waals surface area contributed by atoms with Crippen LogP contribution in [0.2, 0.25) is 0 Å². The molecule has 1 amide bonds. The fourth-order valence-electron chi connectivity index (χ4n) is 3.24. The quantitative estimate of drug-likeness (QED) is 0.511. The van der Waals surface area contributed by atoms with Crippen molar-refractivity contribution < 1.29 is 9.59 Å². The maximum absolute atomic E-state index is 11.8. The number of nitrogens with two attached hydrogens (primary N) is 1. The second-order valence-electron chi connectivity index (χ2n) is 6.94. The van der Waals surface area contributed by atoms with Crippen LogP contribution in [0.3, 0.4) is 0 Å². The monoisotopic (exact) mass is 392 g/mol. The maximum Gasteiger partial charge on any atom is 0.248 e. The molecule has 1 aromatic carbocycles. The Balaban J connectivity index is 1.80. The first-order valence-electron chi connectivity index (χ1n) is 9.06. The van der Waals surface area contributed by atoms with Crippen molar-refractivity contribution in [1.82, 2.24) is 34.7 Å². The Morgan fingerprint density at radius 1 is 1.24 bits per heavy atom. The number of benzene rings is 1. The lowest BCUT2D eigenvalue weighted by Gasteiger charge is -2.04. The first-order chi connectivity index (χ1) is 13.8. The molecule has 0 atom stereocenters. The largest absolute Gasteiger partial charge is 0.366 e. The summed E-state index contributed by atoms with van der Waals surface area (Å²) in [6.45, 7) is 3.88. The number of ketones is 1. The first kappa shape index (κ1) is 18.5. The smallest absolute Gasteiger partial charge is 0.248 e. The van der Waals surface area contributed by atoms with E-state index in [4.69, 9.17) is 5.73 Å². The van der Waals surface area contributed by atoms with Crippen LogP contribution >= 0.6 is 0 Å². The Bertz CT molecular complexity index is 1250. The molecule has 0 unspecified atom stereocenters. The van der Waals surface area contributed by atoms with Crippen molar-refractivity contribution in [2.45, 2.75) is 26.8 Å². The molecule has 10 heteroatoms. The number of H-pyrrole nitrogens is 1. The summed E-state index contributed by atoms with van der Waals surface area (Å²) in [5, 5.41) is 16.8. The summed E-state index contributed by atoms with van der Waals surface area (Å²) in [7, 11) is 1.79. The molecule has 3 N–H and O–H groups in total. The van der Waals surface area contributed by atoms with Gasteiger partial charge in [0.15, 0.2) is 11.6 Å². The van der Waals surface area contributed by atoms with Gasteiger partial charge in [-0.2, -0.15) is 15.3 Å². The Morgan fingerprint density at radius 2 is 2.03 bits per heavy atom. The van der Waals surface area contributed by atoms with Gasteiger partial charge in [0.2, 0.25) is 5.91 Å². The third kappa shape index (κ3) is 3.40. The fraction of sp³-hybridized carbons (Fsp3) is 0.263. The van der Waals surface area contributed by atoms with Crippen LogP contribution in [-0.4, -0.2) is 46.4 Å². The van der Waals surface area contributed by atoms with Gasteiger partial charge < -0.3 is 5.73 Å². The molecular weight excluding hydrogens is 372 g/mol. The van der Waals surface area contributed by atoms with Crippen molar-refractivity contribution in [2.24, 2.45) is 12.8 Å². The highest BCUT2D eigenvalue weighted by atomic mass is 16.1. The van der Waals surface area contributed by atoms with E-state index in [0.29, 0.717) is 35.7 Å². The molecular formula is C19H20N8O2. The molecule has 0 aliphatic heterocycles. The SMILES string of the molecule is CC(=O)CCn1nc(C)cc1-c1nc(-c2cc(C(N)=O)cc3c2cnn3C)n[nH]1. The van der Waals surface area contributed by atoms with Crippen molar-refractivity contribution >= 4 is 22.6 Å². The molecule has 0 saturated heterocycles. The summed E-state index contributed by atoms with van der Waals surface area (Å²) in [5.41, 5.74) is 8.79. The number of rotatable bonds is 6. The average Bonchev–Trinajstić information content (AvgIpc) is 3.38. The number of hydrogen-bond acceptors (Lipinski definition) is 6. The zero-order chi connectivity index (χ0) is 20.7. The summed E-state index contributed by atoms with van der Waals surface area (Å²) >= 11 is 0. The molecule has 0 aliphatic carbocycles. The van der Waals surface area contributed by atoms with E-state index in [1.54, 1.807) is 41.7 Å². The highest BCUT2D eigenvalue weighted by Gasteiger charge is 2.18. The zero-order valence-electron chi connectivity index (χ0n) is 16.3. The van der Waals surface area contributed by atoms with Crippen LogP contribution in [-0.2, 0) is 18.4 Å². The molecule has 3 aromatic heterocycles. The van der Waals surface area contributed by atoms with E-state index in [0.717, 1.165) is 22.3 Å². The second-order valence-corrected chi connectivity index (χ2v) is 6.94. The molecule has 0 bridgehead atoms. The van der Waals surface area contributed by atoms with Crippen molar-refractivity contribution in [1.29, 1.82) is 0 Å². The van der Waals surface area contributed by atoms with Crippen LogP contribution < -0.4 is 5.73 Å². The molecule has 29 heavy (non-hydrogen) atoms. The standard InChI is InChI=1S/C19H20N8O2/c1-10-6-16(27(25-10)5-4-11(2)28)19-22-18(23-24-19)13-7-12(17(20)29)8-15-14(13)9-21-26(15)3/h6-9H,4-5H2,1-3H3,(H2,20,29)(H,22,23,24). The number of aromatic nitrogens is 7. The highest BCUT2D eigenvalue weighted by molar-refractivity contribution is 6.02. The van der Waals surface area contributed by atoms with Crippen LogP contribution in [0, 0.1) is 6.92 Å². The fourth-order valence-corrected chi connectivity index (χ4v) is 3.24. The van der Waals surface area contributed by atoms with Gasteiger partial charge in [0.25, 0.3) is 0 Å². The van der Waals surface area contributed by atoms with Gasteiger partial charge in [0.05, 0.1) is 17.4 Å². The van der Waals surface area contributed by atoms with Crippen LogP contribution in [0.15, 0.2) is 24.4 Å². The molecule has 0 radical (unpaired) electrons. The number of aromatic amines is 1. The highest BCUT2D eigenvalue weighted by Crippen LogP contribution is 2.29. The summed E-state index contributed by atoms with van der Waals surface area (Å²) in [5.74, 6) is 0.483. The Morgan fingerprint density at radius 3 is 2.76 bits per heavy atom. The van der Waals surface area contributed by atoms with Crippen LogP contribution in [0.5, 0.6) is 0 Å². The van der Waals surface area contributed by atoms with Crippen molar-refractivity contribution in [3.8, 4) is 22.9 Å². The van der Waals surface area contributed by atoms with E-state index in [1.807, 2.05) is 13.0 Å². The minimum atomic E-state index is -0.539. The molecule has 148 valence electrons. The second kappa shape index (κ2) is 6.97. The summed E-state index contributed by atoms with van der Waals surface area (Å²) < 4.78 is 3.40. The summed E-state index contributed by atoms with van der Waals surface area (Å²) in [6.07, 6.45) is 2.08. The third-order valence-corrected chi connectivity index (χ3v) is 4.70. The number of fused-ring (bicyclic) bond motifs is 1. The number of carbonyl (C=O) groups excluding carboxylic acids is 2. The molecule has 4 aromatic rings. The number of hydrogen-bond donors (Lipinski definition) is 2. The molecule has 0 aliphatic rings. The van der Waals surface area contributed by atoms with Gasteiger partial charge in [-0.3, -0.25) is 24.1 Å². The first-order valence-corrected chi connectivity index (χ1v) is 9.06. The van der Waals surface area contributed by atoms with Gasteiger partial charge in [-0.15, -0.1) is 0 Å². The van der Waals surface area contributed by atoms with E-state index >= 15 is 0 Å². The van der Waals surface area contributed by atoms with Crippen molar-refractivity contribution in [2.75, 3.05) is 0 Å². The van der Waals surface area contributed by atoms with E-state index in [2.05, 4.69) is 25.4 Å². The molecule has 0 saturated carbocycles. The normalized spacial score (nSPS) is 11.3. The number of amides is 1. The lowest BCUT2D eigenvalue weighted by molar-refractivity contribution is -0.117. The van der Waals surface area contributed by atoms with Gasteiger partial charge in [-0.25, -0.2) is 4.98 Å². The molecule has 0 fully saturated rings.